The van der Waals surface area contributed by atoms with Gasteiger partial charge in [-0.1, -0.05) is 52.3 Å². The number of carbonyl (C=O) groups is 2. The monoisotopic (exact) mass is 466 g/mol. The van der Waals surface area contributed by atoms with Crippen LogP contribution in [0.3, 0.4) is 0 Å². The van der Waals surface area contributed by atoms with Crippen molar-refractivity contribution in [3.8, 4) is 0 Å². The average molecular weight is 467 g/mol. The van der Waals surface area contributed by atoms with Crippen molar-refractivity contribution in [3.05, 3.63) is 87.4 Å². The lowest BCUT2D eigenvalue weighted by Crippen LogP contribution is -2.27. The minimum atomic E-state index is -0.247. The van der Waals surface area contributed by atoms with Gasteiger partial charge in [0.2, 0.25) is 0 Å². The molecule has 1 fully saturated rings. The zero-order valence-corrected chi connectivity index (χ0v) is 18.3. The van der Waals surface area contributed by atoms with Crippen molar-refractivity contribution in [1.82, 2.24) is 9.47 Å². The van der Waals surface area contributed by atoms with E-state index in [1.807, 2.05) is 61.5 Å². The molecule has 1 saturated heterocycles. The fourth-order valence-electron chi connectivity index (χ4n) is 3.54. The highest BCUT2D eigenvalue weighted by Crippen LogP contribution is 2.36. The van der Waals surface area contributed by atoms with E-state index in [0.717, 1.165) is 44.0 Å². The Bertz CT molecular complexity index is 1160. The second kappa shape index (κ2) is 8.05. The number of allylic oxidation sites excluding steroid dienone is 1. The molecule has 1 aliphatic heterocycles. The molecule has 0 atom stereocenters. The molecule has 1 aromatic heterocycles. The fourth-order valence-corrected chi connectivity index (χ4v) is 4.63. The first kappa shape index (κ1) is 19.7. The zero-order valence-electron chi connectivity index (χ0n) is 15.9. The number of halogens is 1. The summed E-state index contributed by atoms with van der Waals surface area (Å²) in [6.45, 7) is 6.83. The van der Waals surface area contributed by atoms with E-state index >= 15 is 0 Å². The number of aromatic nitrogens is 1. The Morgan fingerprint density at radius 1 is 1.10 bits per heavy atom. The number of carbonyl (C=O) groups excluding carboxylic acids is 2. The molecule has 4 rings (SSSR count). The van der Waals surface area contributed by atoms with Gasteiger partial charge in [0.1, 0.15) is 0 Å². The molecule has 6 heteroatoms. The van der Waals surface area contributed by atoms with Crippen molar-refractivity contribution in [2.45, 2.75) is 20.0 Å². The molecule has 0 unspecified atom stereocenters. The number of para-hydroxylation sites is 1. The van der Waals surface area contributed by atoms with Gasteiger partial charge in [-0.05, 0) is 48.5 Å². The van der Waals surface area contributed by atoms with E-state index in [4.69, 9.17) is 0 Å². The van der Waals surface area contributed by atoms with E-state index in [1.165, 1.54) is 4.90 Å². The first-order valence-electron chi connectivity index (χ1n) is 9.18. The van der Waals surface area contributed by atoms with Gasteiger partial charge in [0.25, 0.3) is 11.1 Å². The maximum Gasteiger partial charge on any atom is 0.293 e. The van der Waals surface area contributed by atoms with Crippen molar-refractivity contribution in [2.24, 2.45) is 0 Å². The highest BCUT2D eigenvalue weighted by molar-refractivity contribution is 9.10. The summed E-state index contributed by atoms with van der Waals surface area (Å²) >= 11 is 4.40. The lowest BCUT2D eigenvalue weighted by atomic mass is 10.1. The average Bonchev–Trinajstić information content (AvgIpc) is 3.13. The molecule has 0 spiro atoms. The van der Waals surface area contributed by atoms with Crippen molar-refractivity contribution < 1.29 is 9.59 Å². The number of thioether (sulfide) groups is 1. The highest BCUT2D eigenvalue weighted by Gasteiger charge is 2.35. The van der Waals surface area contributed by atoms with Gasteiger partial charge in [-0.15, -0.1) is 6.58 Å². The maximum absolute atomic E-state index is 13.0. The van der Waals surface area contributed by atoms with E-state index in [-0.39, 0.29) is 17.7 Å². The van der Waals surface area contributed by atoms with Crippen LogP contribution in [0.25, 0.3) is 17.0 Å². The normalized spacial score (nSPS) is 15.7. The van der Waals surface area contributed by atoms with Gasteiger partial charge in [0.05, 0.1) is 11.4 Å². The minimum absolute atomic E-state index is 0.239. The van der Waals surface area contributed by atoms with Crippen LogP contribution in [-0.4, -0.2) is 20.6 Å². The molecule has 0 N–H and O–H groups in total. The van der Waals surface area contributed by atoms with Crippen LogP contribution in [0, 0.1) is 6.92 Å². The number of rotatable bonds is 5. The fraction of sp³-hybridized carbons (Fsp3) is 0.130. The Balaban J connectivity index is 1.70. The first-order valence-corrected chi connectivity index (χ1v) is 10.8. The molecule has 29 heavy (non-hydrogen) atoms. The number of imide groups is 1. The summed E-state index contributed by atoms with van der Waals surface area (Å²) in [5, 5.41) is 0.822. The Labute approximate surface area is 182 Å². The molecule has 2 amide bonds. The molecule has 0 saturated carbocycles. The maximum atomic E-state index is 13.0. The molecular weight excluding hydrogens is 448 g/mol. The largest absolute Gasteiger partial charge is 0.340 e. The third-order valence-corrected chi connectivity index (χ3v) is 6.43. The summed E-state index contributed by atoms with van der Waals surface area (Å²) in [5.74, 6) is -0.247. The van der Waals surface area contributed by atoms with Crippen molar-refractivity contribution in [3.63, 3.8) is 0 Å². The Morgan fingerprint density at radius 3 is 2.55 bits per heavy atom. The van der Waals surface area contributed by atoms with E-state index in [2.05, 4.69) is 33.1 Å². The predicted octanol–water partition coefficient (Wildman–Crippen LogP) is 6.13. The van der Waals surface area contributed by atoms with Gasteiger partial charge in [0.15, 0.2) is 0 Å². The minimum Gasteiger partial charge on any atom is -0.340 e. The van der Waals surface area contributed by atoms with Crippen LogP contribution in [0.15, 0.2) is 70.6 Å². The predicted molar refractivity (Wildman–Crippen MR) is 123 cm³/mol. The van der Waals surface area contributed by atoms with Crippen LogP contribution in [0.5, 0.6) is 0 Å². The Morgan fingerprint density at radius 2 is 1.83 bits per heavy atom. The number of benzene rings is 2. The van der Waals surface area contributed by atoms with Crippen LogP contribution < -0.4 is 0 Å². The van der Waals surface area contributed by atoms with Crippen LogP contribution in [0.4, 0.5) is 4.79 Å². The smallest absolute Gasteiger partial charge is 0.293 e. The van der Waals surface area contributed by atoms with E-state index in [0.29, 0.717) is 11.4 Å². The molecule has 2 heterocycles. The van der Waals surface area contributed by atoms with Crippen molar-refractivity contribution in [2.75, 3.05) is 0 Å². The first-order chi connectivity index (χ1) is 14.0. The topological polar surface area (TPSA) is 42.3 Å². The highest BCUT2D eigenvalue weighted by atomic mass is 79.9. The SMILES string of the molecule is C=CCn1c(C)c(/C=C2/SC(=O)N(Cc3ccc(Br)cc3)C2=O)c2ccccc21. The lowest BCUT2D eigenvalue weighted by molar-refractivity contribution is -0.123. The van der Waals surface area contributed by atoms with Crippen molar-refractivity contribution in [1.29, 1.82) is 0 Å². The summed E-state index contributed by atoms with van der Waals surface area (Å²) in [6.07, 6.45) is 3.71. The number of nitrogens with zero attached hydrogens (tertiary/aromatic N) is 2. The van der Waals surface area contributed by atoms with E-state index in [9.17, 15) is 9.59 Å². The summed E-state index contributed by atoms with van der Waals surface area (Å²) in [6, 6.07) is 15.7. The van der Waals surface area contributed by atoms with Gasteiger partial charge in [-0.2, -0.15) is 0 Å². The molecule has 0 bridgehead atoms. The third kappa shape index (κ3) is 3.70. The van der Waals surface area contributed by atoms with E-state index in [1.54, 1.807) is 0 Å². The zero-order chi connectivity index (χ0) is 20.5. The lowest BCUT2D eigenvalue weighted by Gasteiger charge is -2.12. The van der Waals surface area contributed by atoms with Gasteiger partial charge in [-0.25, -0.2) is 0 Å². The van der Waals surface area contributed by atoms with Gasteiger partial charge in [0, 0.05) is 33.2 Å². The van der Waals surface area contributed by atoms with Gasteiger partial charge >= 0.3 is 0 Å². The number of amides is 2. The summed E-state index contributed by atoms with van der Waals surface area (Å²) in [5.41, 5.74) is 4.02. The Kier molecular flexibility index (Phi) is 5.48. The standard InChI is InChI=1S/C23H19BrN2O2S/c1-3-12-25-15(2)19(18-6-4-5-7-20(18)25)13-21-22(27)26(23(28)29-21)14-16-8-10-17(24)11-9-16/h3-11,13H,1,12,14H2,2H3/b21-13+. The molecule has 146 valence electrons. The summed E-state index contributed by atoms with van der Waals surface area (Å²) in [4.78, 5) is 27.2. The van der Waals surface area contributed by atoms with Crippen LogP contribution >= 0.6 is 27.7 Å². The number of hydrogen-bond acceptors (Lipinski definition) is 3. The second-order valence-corrected chi connectivity index (χ2v) is 8.72. The van der Waals surface area contributed by atoms with Crippen molar-refractivity contribution >= 4 is 55.8 Å². The van der Waals surface area contributed by atoms with E-state index < -0.39 is 0 Å². The molecule has 0 radical (unpaired) electrons. The van der Waals surface area contributed by atoms with Crippen LogP contribution in [0.1, 0.15) is 16.8 Å². The van der Waals surface area contributed by atoms with Gasteiger partial charge in [-0.3, -0.25) is 14.5 Å². The number of hydrogen-bond donors (Lipinski definition) is 0. The second-order valence-electron chi connectivity index (χ2n) is 6.81. The summed E-state index contributed by atoms with van der Waals surface area (Å²) in [7, 11) is 0. The molecular formula is C23H19BrN2O2S. The quantitative estimate of drug-likeness (QED) is 0.335. The third-order valence-electron chi connectivity index (χ3n) is 4.99. The number of fused-ring (bicyclic) bond motifs is 1. The van der Waals surface area contributed by atoms with Crippen LogP contribution in [-0.2, 0) is 17.9 Å². The summed E-state index contributed by atoms with van der Waals surface area (Å²) < 4.78 is 3.13. The molecule has 0 aliphatic carbocycles. The molecule has 2 aromatic carbocycles. The van der Waals surface area contributed by atoms with Gasteiger partial charge < -0.3 is 4.57 Å². The Hall–Kier alpha value is -2.57. The van der Waals surface area contributed by atoms with Crippen LogP contribution in [0.2, 0.25) is 0 Å². The molecule has 1 aliphatic rings. The molecule has 3 aromatic rings. The molecule has 4 nitrogen and oxygen atoms in total.